The van der Waals surface area contributed by atoms with Gasteiger partial charge < -0.3 is 10.1 Å². The van der Waals surface area contributed by atoms with E-state index >= 15 is 0 Å². The van der Waals surface area contributed by atoms with Crippen LogP contribution in [-0.4, -0.2) is 13.2 Å². The maximum absolute atomic E-state index is 5.23. The predicted molar refractivity (Wildman–Crippen MR) is 57.7 cm³/mol. The summed E-state index contributed by atoms with van der Waals surface area (Å²) < 4.78 is 5.23. The fraction of sp³-hybridized carbons (Fsp3) is 0.500. The quantitative estimate of drug-likeness (QED) is 0.735. The van der Waals surface area contributed by atoms with E-state index in [1.807, 2.05) is 6.07 Å². The lowest BCUT2D eigenvalue weighted by molar-refractivity contribution is 0.408. The van der Waals surface area contributed by atoms with Crippen molar-refractivity contribution in [3.8, 4) is 5.75 Å². The highest BCUT2D eigenvalue weighted by Gasteiger charge is 2.20. The zero-order valence-corrected chi connectivity index (χ0v) is 9.00. The fourth-order valence-electron chi connectivity index (χ4n) is 2.21. The highest BCUT2D eigenvalue weighted by atomic mass is 16.5. The molecule has 0 saturated carbocycles. The Hall–Kier alpha value is -1.02. The molecule has 0 bridgehead atoms. The molecule has 2 heteroatoms. The minimum atomic E-state index is 0.458. The summed E-state index contributed by atoms with van der Waals surface area (Å²) in [5.41, 5.74) is 2.83. The first kappa shape index (κ1) is 9.53. The number of hydrogen-bond donors (Lipinski definition) is 1. The Morgan fingerprint density at radius 3 is 2.86 bits per heavy atom. The second kappa shape index (κ2) is 3.62. The average Bonchev–Trinajstić information content (AvgIpc) is 2.16. The van der Waals surface area contributed by atoms with Gasteiger partial charge in [-0.2, -0.15) is 0 Å². The Kier molecular flexibility index (Phi) is 2.46. The van der Waals surface area contributed by atoms with Gasteiger partial charge >= 0.3 is 0 Å². The van der Waals surface area contributed by atoms with Crippen LogP contribution in [0.2, 0.25) is 0 Å². The molecule has 0 aliphatic carbocycles. The lowest BCUT2D eigenvalue weighted by Crippen LogP contribution is -2.35. The summed E-state index contributed by atoms with van der Waals surface area (Å²) in [6.07, 6.45) is 1.09. The topological polar surface area (TPSA) is 21.3 Å². The van der Waals surface area contributed by atoms with Crippen molar-refractivity contribution >= 4 is 0 Å². The van der Waals surface area contributed by atoms with Crippen molar-refractivity contribution in [2.45, 2.75) is 32.4 Å². The molecule has 1 aromatic carbocycles. The van der Waals surface area contributed by atoms with E-state index in [1.165, 1.54) is 11.1 Å². The maximum atomic E-state index is 5.23. The van der Waals surface area contributed by atoms with Gasteiger partial charge in [-0.05, 0) is 43.5 Å². The van der Waals surface area contributed by atoms with E-state index in [0.717, 1.165) is 12.2 Å². The van der Waals surface area contributed by atoms with Crippen molar-refractivity contribution in [3.05, 3.63) is 29.3 Å². The van der Waals surface area contributed by atoms with Crippen molar-refractivity contribution in [2.75, 3.05) is 7.11 Å². The number of hydrogen-bond acceptors (Lipinski definition) is 2. The van der Waals surface area contributed by atoms with Crippen LogP contribution < -0.4 is 10.1 Å². The molecular formula is C12H17NO. The number of fused-ring (bicyclic) bond motifs is 1. The first-order valence-electron chi connectivity index (χ1n) is 5.13. The zero-order chi connectivity index (χ0) is 10.1. The molecule has 0 spiro atoms. The third-order valence-corrected chi connectivity index (χ3v) is 2.88. The van der Waals surface area contributed by atoms with Crippen LogP contribution in [0.15, 0.2) is 18.2 Å². The molecule has 2 unspecified atom stereocenters. The van der Waals surface area contributed by atoms with Gasteiger partial charge in [0.2, 0.25) is 0 Å². The summed E-state index contributed by atoms with van der Waals surface area (Å²) >= 11 is 0. The first-order valence-corrected chi connectivity index (χ1v) is 5.13. The monoisotopic (exact) mass is 191 g/mol. The molecule has 1 heterocycles. The van der Waals surface area contributed by atoms with Crippen molar-refractivity contribution in [2.24, 2.45) is 0 Å². The molecular weight excluding hydrogens is 174 g/mol. The van der Waals surface area contributed by atoms with Crippen LogP contribution in [0.1, 0.15) is 31.0 Å². The Bertz CT molecular complexity index is 335. The molecule has 1 aromatic rings. The van der Waals surface area contributed by atoms with Crippen LogP contribution >= 0.6 is 0 Å². The molecule has 0 aromatic heterocycles. The van der Waals surface area contributed by atoms with Gasteiger partial charge in [-0.1, -0.05) is 6.07 Å². The molecule has 14 heavy (non-hydrogen) atoms. The summed E-state index contributed by atoms with van der Waals surface area (Å²) in [7, 11) is 1.72. The summed E-state index contributed by atoms with van der Waals surface area (Å²) in [6, 6.07) is 7.37. The van der Waals surface area contributed by atoms with E-state index in [4.69, 9.17) is 4.74 Å². The first-order chi connectivity index (χ1) is 6.70. The van der Waals surface area contributed by atoms with E-state index in [9.17, 15) is 0 Å². The van der Waals surface area contributed by atoms with E-state index in [2.05, 4.69) is 31.3 Å². The SMILES string of the molecule is COc1ccc2c(c1)CC(C)NC2C. The van der Waals surface area contributed by atoms with Crippen LogP contribution in [0.25, 0.3) is 0 Å². The lowest BCUT2D eigenvalue weighted by atomic mass is 9.91. The Labute approximate surface area is 85.3 Å². The number of ether oxygens (including phenoxy) is 1. The zero-order valence-electron chi connectivity index (χ0n) is 9.00. The third-order valence-electron chi connectivity index (χ3n) is 2.88. The largest absolute Gasteiger partial charge is 0.497 e. The highest BCUT2D eigenvalue weighted by Crippen LogP contribution is 2.28. The van der Waals surface area contributed by atoms with Gasteiger partial charge in [0.25, 0.3) is 0 Å². The summed E-state index contributed by atoms with van der Waals surface area (Å²) in [6.45, 7) is 4.43. The summed E-state index contributed by atoms with van der Waals surface area (Å²) in [5.74, 6) is 0.963. The normalized spacial score (nSPS) is 25.6. The van der Waals surface area contributed by atoms with E-state index < -0.39 is 0 Å². The molecule has 2 nitrogen and oxygen atoms in total. The highest BCUT2D eigenvalue weighted by molar-refractivity contribution is 5.39. The third kappa shape index (κ3) is 1.62. The van der Waals surface area contributed by atoms with Gasteiger partial charge in [-0.15, -0.1) is 0 Å². The molecule has 2 rings (SSSR count). The molecule has 1 N–H and O–H groups in total. The molecule has 76 valence electrons. The van der Waals surface area contributed by atoms with Crippen molar-refractivity contribution in [3.63, 3.8) is 0 Å². The Morgan fingerprint density at radius 1 is 1.36 bits per heavy atom. The maximum Gasteiger partial charge on any atom is 0.119 e. The second-order valence-corrected chi connectivity index (χ2v) is 4.06. The summed E-state index contributed by atoms with van der Waals surface area (Å²) in [4.78, 5) is 0. The molecule has 0 fully saturated rings. The molecule has 1 aliphatic rings. The number of methoxy groups -OCH3 is 1. The van der Waals surface area contributed by atoms with Crippen LogP contribution in [-0.2, 0) is 6.42 Å². The number of benzene rings is 1. The van der Waals surface area contributed by atoms with Gasteiger partial charge in [-0.25, -0.2) is 0 Å². The Balaban J connectivity index is 2.39. The second-order valence-electron chi connectivity index (χ2n) is 4.06. The fourth-order valence-corrected chi connectivity index (χ4v) is 2.21. The minimum absolute atomic E-state index is 0.458. The summed E-state index contributed by atoms with van der Waals surface area (Å²) in [5, 5.41) is 3.53. The average molecular weight is 191 g/mol. The van der Waals surface area contributed by atoms with Crippen molar-refractivity contribution in [1.29, 1.82) is 0 Å². The molecule has 1 aliphatic heterocycles. The van der Waals surface area contributed by atoms with E-state index in [1.54, 1.807) is 7.11 Å². The van der Waals surface area contributed by atoms with Crippen molar-refractivity contribution in [1.82, 2.24) is 5.32 Å². The van der Waals surface area contributed by atoms with Gasteiger partial charge in [0.1, 0.15) is 5.75 Å². The smallest absolute Gasteiger partial charge is 0.119 e. The van der Waals surface area contributed by atoms with Gasteiger partial charge in [-0.3, -0.25) is 0 Å². The van der Waals surface area contributed by atoms with Gasteiger partial charge in [0, 0.05) is 12.1 Å². The standard InChI is InChI=1S/C12H17NO/c1-8-6-10-7-11(14-3)4-5-12(10)9(2)13-8/h4-5,7-9,13H,6H2,1-3H3. The van der Waals surface area contributed by atoms with E-state index in [-0.39, 0.29) is 0 Å². The molecule has 0 radical (unpaired) electrons. The Morgan fingerprint density at radius 2 is 2.14 bits per heavy atom. The number of nitrogens with one attached hydrogen (secondary N) is 1. The van der Waals surface area contributed by atoms with Crippen LogP contribution in [0.3, 0.4) is 0 Å². The van der Waals surface area contributed by atoms with Crippen LogP contribution in [0.4, 0.5) is 0 Å². The minimum Gasteiger partial charge on any atom is -0.497 e. The lowest BCUT2D eigenvalue weighted by Gasteiger charge is -2.29. The van der Waals surface area contributed by atoms with Crippen LogP contribution in [0.5, 0.6) is 5.75 Å². The van der Waals surface area contributed by atoms with E-state index in [0.29, 0.717) is 12.1 Å². The molecule has 2 atom stereocenters. The molecule has 0 amide bonds. The number of rotatable bonds is 1. The van der Waals surface area contributed by atoms with Gasteiger partial charge in [0.05, 0.1) is 7.11 Å². The van der Waals surface area contributed by atoms with Crippen molar-refractivity contribution < 1.29 is 4.74 Å². The predicted octanol–water partition coefficient (Wildman–Crippen LogP) is 2.29. The van der Waals surface area contributed by atoms with Crippen LogP contribution in [0, 0.1) is 0 Å². The van der Waals surface area contributed by atoms with Gasteiger partial charge in [0.15, 0.2) is 0 Å². The molecule has 0 saturated heterocycles.